The van der Waals surface area contributed by atoms with Crippen LogP contribution in [0.1, 0.15) is 16.4 Å². The molecule has 7 nitrogen and oxygen atoms in total. The molecule has 2 aromatic heterocycles. The van der Waals surface area contributed by atoms with Crippen molar-refractivity contribution in [3.05, 3.63) is 49.6 Å². The van der Waals surface area contributed by atoms with Crippen molar-refractivity contribution < 1.29 is 9.53 Å². The van der Waals surface area contributed by atoms with E-state index in [-0.39, 0.29) is 18.1 Å². The maximum absolute atomic E-state index is 12.3. The zero-order chi connectivity index (χ0) is 14.6. The number of carbonyl (C=O) groups is 1. The summed E-state index contributed by atoms with van der Waals surface area (Å²) in [6.45, 7) is 0.157. The van der Waals surface area contributed by atoms with E-state index in [4.69, 9.17) is 10.5 Å². The molecule has 2 aliphatic rings. The van der Waals surface area contributed by atoms with Crippen molar-refractivity contribution in [1.82, 2.24) is 9.97 Å². The molecule has 0 radical (unpaired) electrons. The molecule has 2 aliphatic heterocycles. The van der Waals surface area contributed by atoms with E-state index in [2.05, 4.69) is 15.3 Å². The minimum atomic E-state index is -0.469. The number of nitrogen functional groups attached to an aromatic ring is 1. The van der Waals surface area contributed by atoms with E-state index in [1.807, 2.05) is 17.5 Å². The third-order valence-electron chi connectivity index (χ3n) is 3.54. The summed E-state index contributed by atoms with van der Waals surface area (Å²) < 4.78 is 5.09. The zero-order valence-corrected chi connectivity index (χ0v) is 11.5. The minimum Gasteiger partial charge on any atom is -0.456 e. The van der Waals surface area contributed by atoms with Crippen LogP contribution in [0.25, 0.3) is 0 Å². The molecular formula is C13H10N4O3S. The van der Waals surface area contributed by atoms with Gasteiger partial charge in [0.05, 0.1) is 22.8 Å². The van der Waals surface area contributed by atoms with Gasteiger partial charge >= 0.3 is 5.97 Å². The van der Waals surface area contributed by atoms with E-state index in [9.17, 15) is 9.59 Å². The Morgan fingerprint density at radius 2 is 2.29 bits per heavy atom. The van der Waals surface area contributed by atoms with Crippen molar-refractivity contribution in [3.8, 4) is 0 Å². The summed E-state index contributed by atoms with van der Waals surface area (Å²) in [5, 5.41) is 4.89. The fraction of sp³-hybridized carbons (Fsp3) is 0.154. The number of nitrogens with one attached hydrogen (secondary N) is 2. The summed E-state index contributed by atoms with van der Waals surface area (Å²) in [7, 11) is 0. The number of nitrogens with two attached hydrogens (primary N) is 1. The SMILES string of the molecule is Nc1nc2c(c(=O)[nH]1)C(c1cccs1)C1=C(COC1=O)N2. The number of fused-ring (bicyclic) bond motifs is 1. The van der Waals surface area contributed by atoms with E-state index in [0.717, 1.165) is 4.88 Å². The Kier molecular flexibility index (Phi) is 2.43. The van der Waals surface area contributed by atoms with Gasteiger partial charge in [0.1, 0.15) is 12.4 Å². The number of nitrogens with zero attached hydrogens (tertiary/aromatic N) is 1. The molecule has 0 fully saturated rings. The molecule has 21 heavy (non-hydrogen) atoms. The van der Waals surface area contributed by atoms with Gasteiger partial charge < -0.3 is 15.8 Å². The molecule has 1 unspecified atom stereocenters. The Bertz CT molecular complexity index is 838. The number of cyclic esters (lactones) is 1. The van der Waals surface area contributed by atoms with E-state index in [1.165, 1.54) is 11.3 Å². The van der Waals surface area contributed by atoms with E-state index in [0.29, 0.717) is 22.7 Å². The average Bonchev–Trinajstić information content (AvgIpc) is 3.07. The highest BCUT2D eigenvalue weighted by molar-refractivity contribution is 7.10. The van der Waals surface area contributed by atoms with Gasteiger partial charge in [-0.25, -0.2) is 4.79 Å². The largest absolute Gasteiger partial charge is 0.456 e. The maximum Gasteiger partial charge on any atom is 0.337 e. The van der Waals surface area contributed by atoms with Crippen LogP contribution in [-0.2, 0) is 9.53 Å². The number of esters is 1. The molecule has 1 atom stereocenters. The number of aromatic amines is 1. The van der Waals surface area contributed by atoms with Gasteiger partial charge in [-0.3, -0.25) is 9.78 Å². The van der Waals surface area contributed by atoms with Crippen LogP contribution >= 0.6 is 11.3 Å². The van der Waals surface area contributed by atoms with Crippen molar-refractivity contribution in [2.45, 2.75) is 5.92 Å². The number of thiophene rings is 1. The van der Waals surface area contributed by atoms with Crippen LogP contribution in [0.15, 0.2) is 33.6 Å². The average molecular weight is 302 g/mol. The first-order valence-corrected chi connectivity index (χ1v) is 7.13. The molecule has 106 valence electrons. The molecule has 8 heteroatoms. The summed E-state index contributed by atoms with van der Waals surface area (Å²) in [5.41, 5.74) is 6.75. The lowest BCUT2D eigenvalue weighted by atomic mass is 9.87. The molecule has 0 saturated heterocycles. The number of anilines is 2. The third kappa shape index (κ3) is 1.69. The molecule has 0 bridgehead atoms. The Hall–Kier alpha value is -2.61. The number of hydrogen-bond acceptors (Lipinski definition) is 7. The van der Waals surface area contributed by atoms with Crippen LogP contribution in [-0.4, -0.2) is 22.5 Å². The molecule has 4 rings (SSSR count). The highest BCUT2D eigenvalue weighted by Gasteiger charge is 2.41. The zero-order valence-electron chi connectivity index (χ0n) is 10.7. The maximum atomic E-state index is 12.3. The number of H-pyrrole nitrogens is 1. The molecular weight excluding hydrogens is 292 g/mol. The lowest BCUT2D eigenvalue weighted by Gasteiger charge is -2.24. The van der Waals surface area contributed by atoms with Gasteiger partial charge in [0, 0.05) is 4.88 Å². The number of aromatic nitrogens is 2. The smallest absolute Gasteiger partial charge is 0.337 e. The number of hydrogen-bond donors (Lipinski definition) is 3. The Morgan fingerprint density at radius 1 is 1.43 bits per heavy atom. The van der Waals surface area contributed by atoms with E-state index in [1.54, 1.807) is 0 Å². The highest BCUT2D eigenvalue weighted by Crippen LogP contribution is 2.43. The monoisotopic (exact) mass is 302 g/mol. The lowest BCUT2D eigenvalue weighted by Crippen LogP contribution is -2.28. The summed E-state index contributed by atoms with van der Waals surface area (Å²) in [5.74, 6) is -0.460. The number of rotatable bonds is 1. The highest BCUT2D eigenvalue weighted by atomic mass is 32.1. The van der Waals surface area contributed by atoms with Gasteiger partial charge in [-0.1, -0.05) is 6.07 Å². The second-order valence-corrected chi connectivity index (χ2v) is 5.73. The summed E-state index contributed by atoms with van der Waals surface area (Å²) >= 11 is 1.48. The van der Waals surface area contributed by atoms with Gasteiger partial charge in [-0.2, -0.15) is 4.98 Å². The van der Waals surface area contributed by atoms with Gasteiger partial charge in [0.25, 0.3) is 5.56 Å². The summed E-state index contributed by atoms with van der Waals surface area (Å²) in [6, 6.07) is 3.76. The Labute approximate surface area is 122 Å². The fourth-order valence-corrected chi connectivity index (χ4v) is 3.55. The Morgan fingerprint density at radius 3 is 3.05 bits per heavy atom. The minimum absolute atomic E-state index is 0.0328. The van der Waals surface area contributed by atoms with Crippen molar-refractivity contribution in [1.29, 1.82) is 0 Å². The normalized spacial score (nSPS) is 19.8. The van der Waals surface area contributed by atoms with Crippen LogP contribution in [0.5, 0.6) is 0 Å². The first kappa shape index (κ1) is 12.2. The molecule has 2 aromatic rings. The van der Waals surface area contributed by atoms with E-state index < -0.39 is 11.9 Å². The number of carbonyl (C=O) groups excluding carboxylic acids is 1. The van der Waals surface area contributed by atoms with Gasteiger partial charge in [-0.15, -0.1) is 11.3 Å². The molecule has 0 aromatic carbocycles. The first-order chi connectivity index (χ1) is 10.1. The van der Waals surface area contributed by atoms with Crippen LogP contribution in [0, 0.1) is 0 Å². The van der Waals surface area contributed by atoms with Crippen LogP contribution < -0.4 is 16.6 Å². The molecule has 0 saturated carbocycles. The fourth-order valence-electron chi connectivity index (χ4n) is 2.70. The van der Waals surface area contributed by atoms with Crippen molar-refractivity contribution in [2.75, 3.05) is 17.7 Å². The molecule has 4 N–H and O–H groups in total. The van der Waals surface area contributed by atoms with Crippen LogP contribution in [0.2, 0.25) is 0 Å². The molecule has 0 amide bonds. The van der Waals surface area contributed by atoms with Gasteiger partial charge in [-0.05, 0) is 11.4 Å². The van der Waals surface area contributed by atoms with Crippen molar-refractivity contribution in [2.24, 2.45) is 0 Å². The Balaban J connectivity index is 2.02. The quantitative estimate of drug-likeness (QED) is 0.672. The second-order valence-electron chi connectivity index (χ2n) is 4.76. The summed E-state index contributed by atoms with van der Waals surface area (Å²) in [4.78, 5) is 31.8. The van der Waals surface area contributed by atoms with Gasteiger partial charge in [0.2, 0.25) is 5.95 Å². The molecule has 0 spiro atoms. The van der Waals surface area contributed by atoms with Crippen LogP contribution in [0.4, 0.5) is 11.8 Å². The predicted molar refractivity (Wildman–Crippen MR) is 77.0 cm³/mol. The first-order valence-electron chi connectivity index (χ1n) is 6.25. The molecule has 4 heterocycles. The van der Waals surface area contributed by atoms with E-state index >= 15 is 0 Å². The standard InChI is InChI=1S/C13H10N4O3S/c14-13-16-10-9(11(18)17-13)8(6-2-1-3-21-6)7-5(15-10)4-20-12(7)19/h1-3,8H,4H2,(H4,14,15,16,17,18). The van der Waals surface area contributed by atoms with Gasteiger partial charge in [0.15, 0.2) is 0 Å². The molecule has 0 aliphatic carbocycles. The van der Waals surface area contributed by atoms with Crippen LogP contribution in [0.3, 0.4) is 0 Å². The predicted octanol–water partition coefficient (Wildman–Crippen LogP) is 0.782. The van der Waals surface area contributed by atoms with Crippen molar-refractivity contribution >= 4 is 29.1 Å². The van der Waals surface area contributed by atoms with Crippen molar-refractivity contribution in [3.63, 3.8) is 0 Å². The second kappa shape index (κ2) is 4.19. The summed E-state index contributed by atoms with van der Waals surface area (Å²) in [6.07, 6.45) is 0. The third-order valence-corrected chi connectivity index (χ3v) is 4.48. The lowest BCUT2D eigenvalue weighted by molar-refractivity contribution is -0.136. The topological polar surface area (TPSA) is 110 Å². The number of ether oxygens (including phenoxy) is 1.